The van der Waals surface area contributed by atoms with E-state index in [4.69, 9.17) is 13.8 Å². The minimum absolute atomic E-state index is 0.0367. The predicted octanol–water partition coefficient (Wildman–Crippen LogP) is 3.30. The lowest BCUT2D eigenvalue weighted by atomic mass is 10.1. The van der Waals surface area contributed by atoms with Gasteiger partial charge in [-0.15, -0.1) is 0 Å². The van der Waals surface area contributed by atoms with E-state index >= 15 is 0 Å². The summed E-state index contributed by atoms with van der Waals surface area (Å²) in [6.07, 6.45) is 0. The molecule has 0 amide bonds. The van der Waals surface area contributed by atoms with Gasteiger partial charge in [0.1, 0.15) is 35.1 Å². The van der Waals surface area contributed by atoms with Crippen LogP contribution in [0.4, 0.5) is 0 Å². The number of carbonyl (C=O) groups is 1. The van der Waals surface area contributed by atoms with Gasteiger partial charge in [-0.25, -0.2) is 4.79 Å². The van der Waals surface area contributed by atoms with Gasteiger partial charge in [-0.1, -0.05) is 40.6 Å². The molecule has 0 aliphatic heterocycles. The van der Waals surface area contributed by atoms with Crippen LogP contribution in [0, 0.1) is 13.8 Å². The van der Waals surface area contributed by atoms with Crippen LogP contribution in [0.2, 0.25) is 0 Å². The zero-order valence-electron chi connectivity index (χ0n) is 12.2. The molecule has 0 aliphatic carbocycles. The molecule has 0 saturated carbocycles. The summed E-state index contributed by atoms with van der Waals surface area (Å²) in [5, 5.41) is 7.74. The number of rotatable bonds is 4. The lowest BCUT2D eigenvalue weighted by Gasteiger charge is -2.03. The minimum Gasteiger partial charge on any atom is -0.455 e. The molecule has 0 saturated heterocycles. The molecule has 2 heterocycles. The van der Waals surface area contributed by atoms with Gasteiger partial charge >= 0.3 is 5.97 Å². The third kappa shape index (κ3) is 2.76. The Hall–Kier alpha value is -2.89. The van der Waals surface area contributed by atoms with Crippen LogP contribution in [0.15, 0.2) is 45.4 Å². The molecule has 0 fully saturated rings. The molecule has 0 aliphatic rings. The van der Waals surface area contributed by atoms with Crippen molar-refractivity contribution in [2.45, 2.75) is 20.5 Å². The summed E-state index contributed by atoms with van der Waals surface area (Å²) >= 11 is 0. The number of nitrogens with zero attached hydrogens (tertiary/aromatic N) is 2. The third-order valence-electron chi connectivity index (χ3n) is 3.14. The Balaban J connectivity index is 1.82. The Labute approximate surface area is 126 Å². The van der Waals surface area contributed by atoms with Crippen molar-refractivity contribution in [3.63, 3.8) is 0 Å². The largest absolute Gasteiger partial charge is 0.455 e. The van der Waals surface area contributed by atoms with Crippen LogP contribution in [0.1, 0.15) is 27.6 Å². The van der Waals surface area contributed by atoms with Crippen LogP contribution >= 0.6 is 0 Å². The Bertz CT molecular complexity index is 790. The van der Waals surface area contributed by atoms with E-state index in [9.17, 15) is 4.79 Å². The second-order valence-electron chi connectivity index (χ2n) is 4.83. The Kier molecular flexibility index (Phi) is 3.74. The molecule has 0 spiro atoms. The number of carbonyl (C=O) groups excluding carboxylic acids is 1. The van der Waals surface area contributed by atoms with Gasteiger partial charge in [-0.2, -0.15) is 0 Å². The summed E-state index contributed by atoms with van der Waals surface area (Å²) in [5.41, 5.74) is 2.15. The van der Waals surface area contributed by atoms with E-state index in [-0.39, 0.29) is 6.61 Å². The van der Waals surface area contributed by atoms with Crippen molar-refractivity contribution in [1.82, 2.24) is 10.3 Å². The maximum absolute atomic E-state index is 12.3. The van der Waals surface area contributed by atoms with Crippen molar-refractivity contribution in [3.8, 4) is 11.3 Å². The third-order valence-corrected chi connectivity index (χ3v) is 3.14. The van der Waals surface area contributed by atoms with Crippen molar-refractivity contribution in [2.24, 2.45) is 0 Å². The first-order valence-corrected chi connectivity index (χ1v) is 6.76. The van der Waals surface area contributed by atoms with Crippen LogP contribution < -0.4 is 0 Å². The van der Waals surface area contributed by atoms with Gasteiger partial charge in [0, 0.05) is 11.6 Å². The zero-order valence-corrected chi connectivity index (χ0v) is 12.2. The van der Waals surface area contributed by atoms with Gasteiger partial charge in [-0.3, -0.25) is 0 Å². The number of esters is 1. The Morgan fingerprint density at radius 2 is 1.91 bits per heavy atom. The van der Waals surface area contributed by atoms with Gasteiger partial charge in [0.25, 0.3) is 0 Å². The normalized spacial score (nSPS) is 10.6. The van der Waals surface area contributed by atoms with Gasteiger partial charge in [0.05, 0.1) is 0 Å². The second kappa shape index (κ2) is 5.85. The van der Waals surface area contributed by atoms with Crippen LogP contribution in [-0.4, -0.2) is 16.3 Å². The molecule has 1 aromatic carbocycles. The molecule has 22 heavy (non-hydrogen) atoms. The fraction of sp³-hybridized carbons (Fsp3) is 0.188. The second-order valence-corrected chi connectivity index (χ2v) is 4.83. The maximum atomic E-state index is 12.3. The highest BCUT2D eigenvalue weighted by Crippen LogP contribution is 2.25. The highest BCUT2D eigenvalue weighted by molar-refractivity contribution is 5.97. The van der Waals surface area contributed by atoms with Crippen molar-refractivity contribution in [1.29, 1.82) is 0 Å². The molecule has 0 N–H and O–H groups in total. The summed E-state index contributed by atoms with van der Waals surface area (Å²) in [5.74, 6) is 0.579. The first-order chi connectivity index (χ1) is 10.6. The topological polar surface area (TPSA) is 78.4 Å². The lowest BCUT2D eigenvalue weighted by Crippen LogP contribution is -2.07. The predicted molar refractivity (Wildman–Crippen MR) is 77.0 cm³/mol. The maximum Gasteiger partial charge on any atom is 0.344 e. The summed E-state index contributed by atoms with van der Waals surface area (Å²) < 4.78 is 15.3. The number of aromatic nitrogens is 2. The number of hydrogen-bond acceptors (Lipinski definition) is 6. The molecule has 2 aromatic heterocycles. The Morgan fingerprint density at radius 3 is 2.59 bits per heavy atom. The van der Waals surface area contributed by atoms with Crippen molar-refractivity contribution in [3.05, 3.63) is 59.2 Å². The highest BCUT2D eigenvalue weighted by atomic mass is 16.5. The number of hydrogen-bond donors (Lipinski definition) is 0. The van der Waals surface area contributed by atoms with Crippen LogP contribution in [0.5, 0.6) is 0 Å². The summed E-state index contributed by atoms with van der Waals surface area (Å²) in [7, 11) is 0. The van der Waals surface area contributed by atoms with Crippen molar-refractivity contribution < 1.29 is 18.6 Å². The van der Waals surface area contributed by atoms with E-state index < -0.39 is 5.97 Å². The molecule has 0 bridgehead atoms. The molecule has 112 valence electrons. The molecule has 0 radical (unpaired) electrons. The van der Waals surface area contributed by atoms with Crippen LogP contribution in [0.3, 0.4) is 0 Å². The lowest BCUT2D eigenvalue weighted by molar-refractivity contribution is 0.0463. The molecule has 3 rings (SSSR count). The Morgan fingerprint density at radius 1 is 1.14 bits per heavy atom. The van der Waals surface area contributed by atoms with Gasteiger partial charge in [0.15, 0.2) is 0 Å². The molecule has 0 atom stereocenters. The van der Waals surface area contributed by atoms with E-state index in [0.717, 1.165) is 5.56 Å². The number of benzene rings is 1. The fourth-order valence-corrected chi connectivity index (χ4v) is 2.10. The molecular formula is C16H14N2O4. The van der Waals surface area contributed by atoms with E-state index in [1.54, 1.807) is 19.9 Å². The molecule has 0 unspecified atom stereocenters. The first kappa shape index (κ1) is 14.1. The standard InChI is InChI=1S/C16H14N2O4/c1-10-8-13(17-21-10)9-20-16(19)14-11(2)22-18-15(14)12-6-4-3-5-7-12/h3-8H,9H2,1-2H3. The van der Waals surface area contributed by atoms with Gasteiger partial charge in [-0.05, 0) is 13.8 Å². The van der Waals surface area contributed by atoms with Crippen molar-refractivity contribution in [2.75, 3.05) is 0 Å². The van der Waals surface area contributed by atoms with E-state index in [2.05, 4.69) is 10.3 Å². The average molecular weight is 298 g/mol. The number of aryl methyl sites for hydroxylation is 2. The van der Waals surface area contributed by atoms with Crippen LogP contribution in [-0.2, 0) is 11.3 Å². The van der Waals surface area contributed by atoms with Crippen molar-refractivity contribution >= 4 is 5.97 Å². The summed E-state index contributed by atoms with van der Waals surface area (Å²) in [6.45, 7) is 3.49. The summed E-state index contributed by atoms with van der Waals surface area (Å²) in [6, 6.07) is 11.1. The quantitative estimate of drug-likeness (QED) is 0.688. The monoisotopic (exact) mass is 298 g/mol. The zero-order chi connectivity index (χ0) is 15.5. The average Bonchev–Trinajstić information content (AvgIpc) is 3.12. The van der Waals surface area contributed by atoms with E-state index in [1.807, 2.05) is 30.3 Å². The molecule has 3 aromatic rings. The highest BCUT2D eigenvalue weighted by Gasteiger charge is 2.23. The van der Waals surface area contributed by atoms with E-state index in [1.165, 1.54) is 0 Å². The number of ether oxygens (including phenoxy) is 1. The van der Waals surface area contributed by atoms with Gasteiger partial charge in [0.2, 0.25) is 0 Å². The van der Waals surface area contributed by atoms with E-state index in [0.29, 0.717) is 28.5 Å². The molecular weight excluding hydrogens is 284 g/mol. The SMILES string of the molecule is Cc1cc(COC(=O)c2c(-c3ccccc3)noc2C)no1. The smallest absolute Gasteiger partial charge is 0.344 e. The first-order valence-electron chi connectivity index (χ1n) is 6.76. The fourth-order valence-electron chi connectivity index (χ4n) is 2.10. The van der Waals surface area contributed by atoms with Crippen LogP contribution in [0.25, 0.3) is 11.3 Å². The molecule has 6 nitrogen and oxygen atoms in total. The molecule has 6 heteroatoms. The minimum atomic E-state index is -0.502. The van der Waals surface area contributed by atoms with Gasteiger partial charge < -0.3 is 13.8 Å². The summed E-state index contributed by atoms with van der Waals surface area (Å²) in [4.78, 5) is 12.3.